The molecule has 1 aliphatic rings. The summed E-state index contributed by atoms with van der Waals surface area (Å²) in [5, 5.41) is 0. The maximum Gasteiger partial charge on any atom is 0.0445 e. The number of anilines is 2. The van der Waals surface area contributed by atoms with Gasteiger partial charge < -0.3 is 10.6 Å². The number of aromatic nitrogens is 1. The highest BCUT2D eigenvalue weighted by atomic mass is 79.9. The summed E-state index contributed by atoms with van der Waals surface area (Å²) in [5.41, 5.74) is 10.6. The first kappa shape index (κ1) is 12.5. The van der Waals surface area contributed by atoms with Gasteiger partial charge in [0.2, 0.25) is 0 Å². The van der Waals surface area contributed by atoms with Crippen LogP contribution in [-0.4, -0.2) is 11.5 Å². The predicted octanol–water partition coefficient (Wildman–Crippen LogP) is 3.38. The van der Waals surface area contributed by atoms with Crippen molar-refractivity contribution in [2.75, 3.05) is 17.2 Å². The van der Waals surface area contributed by atoms with E-state index in [1.54, 1.807) is 0 Å². The molecule has 19 heavy (non-hydrogen) atoms. The minimum atomic E-state index is 0.852. The Balaban J connectivity index is 1.87. The van der Waals surface area contributed by atoms with Crippen molar-refractivity contribution in [1.29, 1.82) is 0 Å². The molecule has 2 aromatic rings. The Morgan fingerprint density at radius 2 is 2.16 bits per heavy atom. The Morgan fingerprint density at radius 1 is 1.26 bits per heavy atom. The van der Waals surface area contributed by atoms with E-state index >= 15 is 0 Å². The van der Waals surface area contributed by atoms with Crippen molar-refractivity contribution in [2.24, 2.45) is 0 Å². The number of aryl methyl sites for hydroxylation is 1. The molecule has 2 heterocycles. The van der Waals surface area contributed by atoms with Gasteiger partial charge in [-0.1, -0.05) is 0 Å². The summed E-state index contributed by atoms with van der Waals surface area (Å²) in [6.45, 7) is 1.98. The van der Waals surface area contributed by atoms with Gasteiger partial charge in [0.05, 0.1) is 0 Å². The summed E-state index contributed by atoms with van der Waals surface area (Å²) >= 11 is 3.47. The van der Waals surface area contributed by atoms with E-state index in [9.17, 15) is 0 Å². The van der Waals surface area contributed by atoms with Gasteiger partial charge in [-0.05, 0) is 64.2 Å². The Labute approximate surface area is 121 Å². The molecule has 0 radical (unpaired) electrons. The molecule has 0 spiro atoms. The van der Waals surface area contributed by atoms with Crippen LogP contribution in [0.4, 0.5) is 11.4 Å². The van der Waals surface area contributed by atoms with Crippen LogP contribution in [0.2, 0.25) is 0 Å². The fraction of sp³-hybridized carbons (Fsp3) is 0.267. The minimum absolute atomic E-state index is 0.852. The maximum absolute atomic E-state index is 5.87. The molecular formula is C15H16BrN3. The van der Waals surface area contributed by atoms with Gasteiger partial charge in [-0.15, -0.1) is 0 Å². The van der Waals surface area contributed by atoms with Gasteiger partial charge in [-0.3, -0.25) is 4.98 Å². The molecule has 0 atom stereocenters. The number of benzene rings is 1. The normalized spacial score (nSPS) is 14.3. The summed E-state index contributed by atoms with van der Waals surface area (Å²) < 4.78 is 1.03. The zero-order valence-corrected chi connectivity index (χ0v) is 12.2. The van der Waals surface area contributed by atoms with E-state index in [1.807, 2.05) is 18.5 Å². The average Bonchev–Trinajstić information content (AvgIpc) is 2.38. The van der Waals surface area contributed by atoms with Crippen LogP contribution in [-0.2, 0) is 13.0 Å². The van der Waals surface area contributed by atoms with Gasteiger partial charge >= 0.3 is 0 Å². The number of rotatable bonds is 2. The SMILES string of the molecule is Nc1ccc2c(c1)CCCN2Cc1cncc(Br)c1. The average molecular weight is 318 g/mol. The molecule has 0 bridgehead atoms. The van der Waals surface area contributed by atoms with Gasteiger partial charge in [-0.2, -0.15) is 0 Å². The van der Waals surface area contributed by atoms with E-state index in [4.69, 9.17) is 5.73 Å². The molecule has 0 saturated heterocycles. The Morgan fingerprint density at radius 3 is 3.00 bits per heavy atom. The van der Waals surface area contributed by atoms with Crippen LogP contribution in [0.25, 0.3) is 0 Å². The van der Waals surface area contributed by atoms with E-state index in [-0.39, 0.29) is 0 Å². The molecule has 1 aliphatic heterocycles. The van der Waals surface area contributed by atoms with E-state index in [1.165, 1.54) is 23.2 Å². The van der Waals surface area contributed by atoms with Crippen LogP contribution in [0.5, 0.6) is 0 Å². The van der Waals surface area contributed by atoms with E-state index in [0.717, 1.165) is 29.7 Å². The van der Waals surface area contributed by atoms with Crippen LogP contribution in [0.15, 0.2) is 41.1 Å². The van der Waals surface area contributed by atoms with Gasteiger partial charge in [-0.25, -0.2) is 0 Å². The van der Waals surface area contributed by atoms with E-state index in [2.05, 4.69) is 44.0 Å². The summed E-state index contributed by atoms with van der Waals surface area (Å²) in [6.07, 6.45) is 6.04. The standard InChI is InChI=1S/C15H16BrN3/c16-13-6-11(8-18-9-13)10-19-5-1-2-12-7-14(17)3-4-15(12)19/h3-4,6-9H,1-2,5,10,17H2. The number of nitrogens with zero attached hydrogens (tertiary/aromatic N) is 2. The second-order valence-electron chi connectivity index (χ2n) is 4.92. The third-order valence-electron chi connectivity index (χ3n) is 3.45. The molecule has 1 aromatic heterocycles. The number of pyridine rings is 1. The summed E-state index contributed by atoms with van der Waals surface area (Å²) in [4.78, 5) is 6.63. The zero-order chi connectivity index (χ0) is 13.2. The molecule has 3 rings (SSSR count). The van der Waals surface area contributed by atoms with Gasteiger partial charge in [0, 0.05) is 41.3 Å². The van der Waals surface area contributed by atoms with Crippen LogP contribution < -0.4 is 10.6 Å². The lowest BCUT2D eigenvalue weighted by molar-refractivity contribution is 0.690. The molecular weight excluding hydrogens is 302 g/mol. The monoisotopic (exact) mass is 317 g/mol. The molecule has 0 fully saturated rings. The van der Waals surface area contributed by atoms with Crippen LogP contribution >= 0.6 is 15.9 Å². The highest BCUT2D eigenvalue weighted by Crippen LogP contribution is 2.30. The molecule has 0 saturated carbocycles. The van der Waals surface area contributed by atoms with Crippen molar-refractivity contribution in [3.63, 3.8) is 0 Å². The maximum atomic E-state index is 5.87. The molecule has 0 aliphatic carbocycles. The molecule has 1 aromatic carbocycles. The van der Waals surface area contributed by atoms with Gasteiger partial charge in [0.25, 0.3) is 0 Å². The smallest absolute Gasteiger partial charge is 0.0445 e. The quantitative estimate of drug-likeness (QED) is 0.863. The van der Waals surface area contributed by atoms with Crippen LogP contribution in [0.1, 0.15) is 17.5 Å². The largest absolute Gasteiger partial charge is 0.399 e. The number of fused-ring (bicyclic) bond motifs is 1. The Hall–Kier alpha value is -1.55. The molecule has 0 amide bonds. The second-order valence-corrected chi connectivity index (χ2v) is 5.84. The highest BCUT2D eigenvalue weighted by Gasteiger charge is 2.17. The molecule has 4 heteroatoms. The first-order valence-corrected chi connectivity index (χ1v) is 7.24. The Kier molecular flexibility index (Phi) is 3.42. The fourth-order valence-electron chi connectivity index (χ4n) is 2.62. The van der Waals surface area contributed by atoms with E-state index < -0.39 is 0 Å². The molecule has 98 valence electrons. The Bertz CT molecular complexity index is 598. The first-order chi connectivity index (χ1) is 9.22. The molecule has 0 unspecified atom stereocenters. The van der Waals surface area contributed by atoms with Crippen molar-refractivity contribution in [3.05, 3.63) is 52.3 Å². The topological polar surface area (TPSA) is 42.1 Å². The highest BCUT2D eigenvalue weighted by molar-refractivity contribution is 9.10. The van der Waals surface area contributed by atoms with E-state index in [0.29, 0.717) is 0 Å². The number of hydrogen-bond donors (Lipinski definition) is 1. The van der Waals surface area contributed by atoms with Crippen molar-refractivity contribution in [1.82, 2.24) is 4.98 Å². The third kappa shape index (κ3) is 2.73. The van der Waals surface area contributed by atoms with Crippen molar-refractivity contribution in [3.8, 4) is 0 Å². The van der Waals surface area contributed by atoms with Crippen LogP contribution in [0.3, 0.4) is 0 Å². The number of halogens is 1. The van der Waals surface area contributed by atoms with Gasteiger partial charge in [0.1, 0.15) is 0 Å². The summed E-state index contributed by atoms with van der Waals surface area (Å²) in [7, 11) is 0. The minimum Gasteiger partial charge on any atom is -0.399 e. The number of hydrogen-bond acceptors (Lipinski definition) is 3. The van der Waals surface area contributed by atoms with Crippen LogP contribution in [0, 0.1) is 0 Å². The number of nitrogens with two attached hydrogens (primary N) is 1. The fourth-order valence-corrected chi connectivity index (χ4v) is 3.03. The zero-order valence-electron chi connectivity index (χ0n) is 10.6. The van der Waals surface area contributed by atoms with Crippen molar-refractivity contribution in [2.45, 2.75) is 19.4 Å². The summed E-state index contributed by atoms with van der Waals surface area (Å²) in [6, 6.07) is 8.34. The second kappa shape index (κ2) is 5.21. The summed E-state index contributed by atoms with van der Waals surface area (Å²) in [5.74, 6) is 0. The lowest BCUT2D eigenvalue weighted by atomic mass is 10.0. The molecule has 2 N–H and O–H groups in total. The first-order valence-electron chi connectivity index (χ1n) is 6.45. The third-order valence-corrected chi connectivity index (χ3v) is 3.89. The van der Waals surface area contributed by atoms with Crippen molar-refractivity contribution >= 4 is 27.3 Å². The predicted molar refractivity (Wildman–Crippen MR) is 82.2 cm³/mol. The number of nitrogen functional groups attached to an aromatic ring is 1. The van der Waals surface area contributed by atoms with Gasteiger partial charge in [0.15, 0.2) is 0 Å². The lowest BCUT2D eigenvalue weighted by Gasteiger charge is -2.31. The molecule has 3 nitrogen and oxygen atoms in total. The van der Waals surface area contributed by atoms with Crippen molar-refractivity contribution < 1.29 is 0 Å². The lowest BCUT2D eigenvalue weighted by Crippen LogP contribution is -2.28.